The van der Waals surface area contributed by atoms with Crippen LogP contribution in [0.15, 0.2) is 0 Å². The van der Waals surface area contributed by atoms with Gasteiger partial charge in [0.2, 0.25) is 0 Å². The molecular weight excluding hydrogens is 198 g/mol. The fraction of sp³-hybridized carbons (Fsp3) is 0.923. The van der Waals surface area contributed by atoms with E-state index in [0.717, 1.165) is 0 Å². The van der Waals surface area contributed by atoms with Crippen LogP contribution < -0.4 is 5.73 Å². The summed E-state index contributed by atoms with van der Waals surface area (Å²) in [7, 11) is 2.12. The molecule has 0 aromatic heterocycles. The van der Waals surface area contributed by atoms with E-state index in [1.807, 2.05) is 0 Å². The fourth-order valence-corrected chi connectivity index (χ4v) is 2.09. The van der Waals surface area contributed by atoms with Gasteiger partial charge in [0.25, 0.3) is 0 Å². The van der Waals surface area contributed by atoms with Crippen molar-refractivity contribution in [3.63, 3.8) is 0 Å². The van der Waals surface area contributed by atoms with Gasteiger partial charge in [0, 0.05) is 12.1 Å². The number of nitrogens with two attached hydrogens (primary N) is 1. The summed E-state index contributed by atoms with van der Waals surface area (Å²) in [5.41, 5.74) is 5.15. The number of hydrogen-bond acceptors (Lipinski definition) is 3. The number of hydrogen-bond donors (Lipinski definition) is 1. The summed E-state index contributed by atoms with van der Waals surface area (Å²) < 4.78 is 0. The predicted octanol–water partition coefficient (Wildman–Crippen LogP) is 2.37. The molecule has 16 heavy (non-hydrogen) atoms. The molecule has 0 saturated carbocycles. The van der Waals surface area contributed by atoms with Gasteiger partial charge < -0.3 is 10.6 Å². The topological polar surface area (TPSA) is 53.0 Å². The van der Waals surface area contributed by atoms with Crippen molar-refractivity contribution in [1.29, 1.82) is 5.26 Å². The van der Waals surface area contributed by atoms with Crippen LogP contribution in [0.4, 0.5) is 0 Å². The highest BCUT2D eigenvalue weighted by Gasteiger charge is 2.25. The molecule has 3 atom stereocenters. The molecule has 0 radical (unpaired) electrons. The maximum absolute atomic E-state index is 8.92. The molecule has 0 aromatic rings. The smallest absolute Gasteiger partial charge is 0.102 e. The van der Waals surface area contributed by atoms with Crippen molar-refractivity contribution in [2.75, 3.05) is 7.05 Å². The summed E-state index contributed by atoms with van der Waals surface area (Å²) in [5, 5.41) is 8.92. The van der Waals surface area contributed by atoms with Crippen molar-refractivity contribution >= 4 is 0 Å². The largest absolute Gasteiger partial charge is 0.314 e. The first-order valence-electron chi connectivity index (χ1n) is 6.11. The van der Waals surface area contributed by atoms with Crippen LogP contribution in [0.3, 0.4) is 0 Å². The average Bonchev–Trinajstić information content (AvgIpc) is 2.14. The van der Waals surface area contributed by atoms with Crippen LogP contribution in [0.1, 0.15) is 47.5 Å². The number of nitriles is 1. The van der Waals surface area contributed by atoms with Crippen molar-refractivity contribution < 1.29 is 0 Å². The van der Waals surface area contributed by atoms with Gasteiger partial charge in [-0.2, -0.15) is 5.26 Å². The third-order valence-corrected chi connectivity index (χ3v) is 3.18. The third kappa shape index (κ3) is 5.48. The Morgan fingerprint density at radius 1 is 1.25 bits per heavy atom. The van der Waals surface area contributed by atoms with Crippen LogP contribution in [-0.2, 0) is 0 Å². The summed E-state index contributed by atoms with van der Waals surface area (Å²) in [4.78, 5) is 2.32. The molecule has 3 unspecified atom stereocenters. The first-order valence-corrected chi connectivity index (χ1v) is 6.11. The molecule has 3 nitrogen and oxygen atoms in total. The van der Waals surface area contributed by atoms with Gasteiger partial charge in [0.1, 0.15) is 5.54 Å². The summed E-state index contributed by atoms with van der Waals surface area (Å²) in [6, 6.07) is 3.03. The molecule has 0 amide bonds. The SMILES string of the molecule is CC(C)CC(C)N(C)C(C)CC(C)(N)C#N. The van der Waals surface area contributed by atoms with Crippen LogP contribution in [0.2, 0.25) is 0 Å². The lowest BCUT2D eigenvalue weighted by Crippen LogP contribution is -2.45. The second-order valence-corrected chi connectivity index (χ2v) is 5.73. The fourth-order valence-electron chi connectivity index (χ4n) is 2.09. The van der Waals surface area contributed by atoms with Gasteiger partial charge in [-0.15, -0.1) is 0 Å². The van der Waals surface area contributed by atoms with Gasteiger partial charge in [0.05, 0.1) is 6.07 Å². The molecular formula is C13H27N3. The van der Waals surface area contributed by atoms with Crippen molar-refractivity contribution in [3.05, 3.63) is 0 Å². The second kappa shape index (κ2) is 6.22. The number of rotatable bonds is 6. The van der Waals surface area contributed by atoms with E-state index in [9.17, 15) is 0 Å². The Morgan fingerprint density at radius 2 is 1.75 bits per heavy atom. The van der Waals surface area contributed by atoms with Crippen molar-refractivity contribution in [2.24, 2.45) is 11.7 Å². The van der Waals surface area contributed by atoms with Gasteiger partial charge >= 0.3 is 0 Å². The Balaban J connectivity index is 4.28. The Hall–Kier alpha value is -0.590. The minimum atomic E-state index is -0.717. The second-order valence-electron chi connectivity index (χ2n) is 5.73. The van der Waals surface area contributed by atoms with E-state index in [1.54, 1.807) is 6.92 Å². The lowest BCUT2D eigenvalue weighted by Gasteiger charge is -2.34. The Morgan fingerprint density at radius 3 is 2.12 bits per heavy atom. The molecule has 0 heterocycles. The quantitative estimate of drug-likeness (QED) is 0.755. The van der Waals surface area contributed by atoms with Gasteiger partial charge in [-0.3, -0.25) is 0 Å². The molecule has 0 rings (SSSR count). The van der Waals surface area contributed by atoms with E-state index in [-0.39, 0.29) is 0 Å². The molecule has 0 aliphatic heterocycles. The summed E-state index contributed by atoms with van der Waals surface area (Å²) >= 11 is 0. The van der Waals surface area contributed by atoms with E-state index in [4.69, 9.17) is 11.0 Å². The van der Waals surface area contributed by atoms with Gasteiger partial charge in [-0.05, 0) is 46.6 Å². The van der Waals surface area contributed by atoms with Crippen LogP contribution in [0.5, 0.6) is 0 Å². The van der Waals surface area contributed by atoms with Crippen molar-refractivity contribution in [3.8, 4) is 6.07 Å². The predicted molar refractivity (Wildman–Crippen MR) is 69.0 cm³/mol. The maximum Gasteiger partial charge on any atom is 0.102 e. The monoisotopic (exact) mass is 225 g/mol. The summed E-state index contributed by atoms with van der Waals surface area (Å²) in [5.74, 6) is 0.699. The van der Waals surface area contributed by atoms with E-state index in [2.05, 4.69) is 45.7 Å². The molecule has 0 aliphatic carbocycles. The molecule has 0 fully saturated rings. The minimum Gasteiger partial charge on any atom is -0.314 e. The molecule has 0 bridgehead atoms. The molecule has 0 aliphatic rings. The van der Waals surface area contributed by atoms with Crippen molar-refractivity contribution in [2.45, 2.75) is 65.1 Å². The Bertz CT molecular complexity index is 240. The van der Waals surface area contributed by atoms with Gasteiger partial charge in [-0.1, -0.05) is 13.8 Å². The van der Waals surface area contributed by atoms with Crippen LogP contribution >= 0.6 is 0 Å². The van der Waals surface area contributed by atoms with E-state index >= 15 is 0 Å². The van der Waals surface area contributed by atoms with E-state index in [0.29, 0.717) is 24.4 Å². The van der Waals surface area contributed by atoms with Crippen LogP contribution in [0.25, 0.3) is 0 Å². The number of nitrogens with zero attached hydrogens (tertiary/aromatic N) is 2. The zero-order valence-electron chi connectivity index (χ0n) is 11.6. The zero-order chi connectivity index (χ0) is 12.9. The van der Waals surface area contributed by atoms with Crippen molar-refractivity contribution in [1.82, 2.24) is 4.90 Å². The van der Waals surface area contributed by atoms with Crippen LogP contribution in [0, 0.1) is 17.2 Å². The minimum absolute atomic E-state index is 0.336. The molecule has 0 saturated heterocycles. The first kappa shape index (κ1) is 15.4. The van der Waals surface area contributed by atoms with E-state index in [1.165, 1.54) is 6.42 Å². The first-order chi connectivity index (χ1) is 7.19. The Labute approximate surface area is 101 Å². The molecule has 0 aromatic carbocycles. The lowest BCUT2D eigenvalue weighted by molar-refractivity contribution is 0.156. The summed E-state index contributed by atoms with van der Waals surface area (Å²) in [6.07, 6.45) is 1.89. The zero-order valence-corrected chi connectivity index (χ0v) is 11.6. The standard InChI is InChI=1S/C13H27N3/c1-10(2)7-11(3)16(6)12(4)8-13(5,15)9-14/h10-12H,7-8,15H2,1-6H3. The highest BCUT2D eigenvalue weighted by Crippen LogP contribution is 2.17. The molecule has 94 valence electrons. The van der Waals surface area contributed by atoms with Gasteiger partial charge in [0.15, 0.2) is 0 Å². The average molecular weight is 225 g/mol. The molecule has 3 heteroatoms. The normalized spacial score (nSPS) is 19.2. The maximum atomic E-state index is 8.92. The lowest BCUT2D eigenvalue weighted by atomic mass is 9.94. The highest BCUT2D eigenvalue weighted by molar-refractivity contribution is 5.02. The van der Waals surface area contributed by atoms with Crippen LogP contribution in [-0.4, -0.2) is 29.6 Å². The molecule has 2 N–H and O–H groups in total. The van der Waals surface area contributed by atoms with E-state index < -0.39 is 5.54 Å². The van der Waals surface area contributed by atoms with Gasteiger partial charge in [-0.25, -0.2) is 0 Å². The third-order valence-electron chi connectivity index (χ3n) is 3.18. The molecule has 0 spiro atoms. The summed E-state index contributed by atoms with van der Waals surface area (Å²) in [6.45, 7) is 10.6. The Kier molecular flexibility index (Phi) is 5.99. The highest BCUT2D eigenvalue weighted by atomic mass is 15.2.